The number of rotatable bonds is 8. The van der Waals surface area contributed by atoms with Crippen molar-refractivity contribution in [2.24, 2.45) is 0 Å². The Bertz CT molecular complexity index is 799. The number of aromatic nitrogens is 2. The first-order valence-corrected chi connectivity index (χ1v) is 11.5. The predicted octanol–water partition coefficient (Wildman–Crippen LogP) is 7.00. The molecule has 0 radical (unpaired) electrons. The third-order valence-corrected chi connectivity index (χ3v) is 4.34. The lowest BCUT2D eigenvalue weighted by atomic mass is 10.1. The maximum Gasteiger partial charge on any atom is 0.228 e. The number of nitrogens with zero attached hydrogens (tertiary/aromatic N) is 1. The van der Waals surface area contributed by atoms with Crippen molar-refractivity contribution in [2.75, 3.05) is 5.32 Å². The monoisotopic (exact) mass is 486 g/mol. The second-order valence-corrected chi connectivity index (χ2v) is 8.13. The number of carbonyl (C=O) groups excluding carboxylic acids is 1. The molecule has 1 aromatic heterocycles. The molecule has 8 heteroatoms. The Morgan fingerprint density at radius 1 is 1.19 bits per heavy atom. The van der Waals surface area contributed by atoms with Gasteiger partial charge in [-0.25, -0.2) is 4.98 Å². The highest BCUT2D eigenvalue weighted by Gasteiger charge is 2.34. The quantitative estimate of drug-likeness (QED) is 0.277. The van der Waals surface area contributed by atoms with Crippen LogP contribution >= 0.6 is 34.8 Å². The molecule has 31 heavy (non-hydrogen) atoms. The van der Waals surface area contributed by atoms with E-state index < -0.39 is 9.96 Å². The van der Waals surface area contributed by atoms with Crippen molar-refractivity contribution in [1.29, 1.82) is 0 Å². The van der Waals surface area contributed by atoms with Crippen LogP contribution < -0.4 is 10.6 Å². The summed E-state index contributed by atoms with van der Waals surface area (Å²) in [5, 5.41) is 5.63. The second kappa shape index (κ2) is 15.8. The van der Waals surface area contributed by atoms with Crippen LogP contribution in [0.3, 0.4) is 0 Å². The van der Waals surface area contributed by atoms with E-state index in [1.807, 2.05) is 77.1 Å². The van der Waals surface area contributed by atoms with Crippen molar-refractivity contribution < 1.29 is 4.79 Å². The zero-order valence-corrected chi connectivity index (χ0v) is 21.1. The highest BCUT2D eigenvalue weighted by molar-refractivity contribution is 6.68. The van der Waals surface area contributed by atoms with Gasteiger partial charge in [0.05, 0.1) is 11.4 Å². The molecule has 0 bridgehead atoms. The summed E-state index contributed by atoms with van der Waals surface area (Å²) in [4.78, 5) is 19.7. The first-order valence-electron chi connectivity index (χ1n) is 10.3. The lowest BCUT2D eigenvalue weighted by molar-refractivity contribution is -0.121. The first-order chi connectivity index (χ1) is 14.8. The van der Waals surface area contributed by atoms with Gasteiger partial charge in [-0.3, -0.25) is 4.79 Å². The number of halogens is 3. The number of hydrogen-bond donors (Lipinski definition) is 3. The van der Waals surface area contributed by atoms with E-state index in [9.17, 15) is 4.79 Å². The van der Waals surface area contributed by atoms with E-state index in [-0.39, 0.29) is 12.3 Å². The van der Waals surface area contributed by atoms with Crippen LogP contribution in [0.15, 0.2) is 43.0 Å². The number of benzene rings is 1. The fourth-order valence-electron chi connectivity index (χ4n) is 2.39. The maximum absolute atomic E-state index is 12.3. The lowest BCUT2D eigenvalue weighted by Crippen LogP contribution is -2.49. The van der Waals surface area contributed by atoms with Crippen LogP contribution in [0.5, 0.6) is 0 Å². The topological polar surface area (TPSA) is 69.8 Å². The van der Waals surface area contributed by atoms with Crippen LogP contribution in [-0.2, 0) is 11.2 Å². The minimum atomic E-state index is -1.77. The molecule has 0 fully saturated rings. The van der Waals surface area contributed by atoms with Crippen LogP contribution in [0, 0.1) is 0 Å². The molecule has 0 aliphatic heterocycles. The van der Waals surface area contributed by atoms with Gasteiger partial charge in [-0.1, -0.05) is 105 Å². The zero-order chi connectivity index (χ0) is 23.9. The number of aromatic amines is 1. The van der Waals surface area contributed by atoms with E-state index in [4.69, 9.17) is 34.8 Å². The summed E-state index contributed by atoms with van der Waals surface area (Å²) in [6.45, 7) is 13.6. The van der Waals surface area contributed by atoms with Gasteiger partial charge in [-0.2, -0.15) is 0 Å². The molecule has 5 nitrogen and oxygen atoms in total. The first kappa shape index (κ1) is 29.1. The highest BCUT2D eigenvalue weighted by Crippen LogP contribution is 2.31. The molecular formula is C23H33Cl3N4O. The van der Waals surface area contributed by atoms with Crippen LogP contribution in [0.2, 0.25) is 0 Å². The van der Waals surface area contributed by atoms with E-state index in [1.54, 1.807) is 6.08 Å². The van der Waals surface area contributed by atoms with Gasteiger partial charge in [-0.05, 0) is 31.1 Å². The molecule has 1 heterocycles. The normalized spacial score (nSPS) is 11.5. The zero-order valence-electron chi connectivity index (χ0n) is 18.8. The van der Waals surface area contributed by atoms with Gasteiger partial charge < -0.3 is 15.6 Å². The summed E-state index contributed by atoms with van der Waals surface area (Å²) in [5.74, 6) is 0.115. The van der Waals surface area contributed by atoms with Gasteiger partial charge in [0, 0.05) is 6.42 Å². The summed E-state index contributed by atoms with van der Waals surface area (Å²) in [5.41, 5.74) is 2.46. The van der Waals surface area contributed by atoms with E-state index in [0.717, 1.165) is 11.3 Å². The number of imidazole rings is 1. The van der Waals surface area contributed by atoms with E-state index in [2.05, 4.69) is 27.2 Å². The predicted molar refractivity (Wildman–Crippen MR) is 137 cm³/mol. The number of carbonyl (C=O) groups is 1. The molecule has 2 rings (SSSR count). The minimum absolute atomic E-state index is 0.244. The summed E-state index contributed by atoms with van der Waals surface area (Å²) in [6, 6.07) is 9.70. The molecule has 0 aliphatic carbocycles. The van der Waals surface area contributed by atoms with Crippen LogP contribution in [0.1, 0.15) is 58.0 Å². The molecule has 0 saturated carbocycles. The van der Waals surface area contributed by atoms with Gasteiger partial charge >= 0.3 is 0 Å². The van der Waals surface area contributed by atoms with E-state index >= 15 is 0 Å². The number of amides is 1. The molecule has 1 aromatic carbocycles. The second-order valence-electron chi connectivity index (χ2n) is 5.76. The molecule has 1 amide bonds. The Balaban J connectivity index is 0.00000212. The molecule has 0 spiro atoms. The number of anilines is 1. The van der Waals surface area contributed by atoms with Gasteiger partial charge in [0.1, 0.15) is 6.17 Å². The van der Waals surface area contributed by atoms with E-state index in [0.29, 0.717) is 18.1 Å². The third-order valence-electron chi connectivity index (χ3n) is 3.69. The third kappa shape index (κ3) is 10.8. The summed E-state index contributed by atoms with van der Waals surface area (Å²) in [7, 11) is 0. The molecule has 3 N–H and O–H groups in total. The van der Waals surface area contributed by atoms with Crippen LogP contribution in [0.25, 0.3) is 12.2 Å². The Morgan fingerprint density at radius 3 is 2.32 bits per heavy atom. The van der Waals surface area contributed by atoms with Crippen molar-refractivity contribution >= 4 is 58.8 Å². The molecule has 1 atom stereocenters. The summed E-state index contributed by atoms with van der Waals surface area (Å²) in [6.07, 6.45) is 5.21. The van der Waals surface area contributed by atoms with Crippen molar-refractivity contribution in [2.45, 2.75) is 57.4 Å². The average Bonchev–Trinajstić information content (AvgIpc) is 3.16. The Kier molecular flexibility index (Phi) is 14.8. The van der Waals surface area contributed by atoms with Gasteiger partial charge in [0.15, 0.2) is 0 Å². The summed E-state index contributed by atoms with van der Waals surface area (Å²) >= 11 is 18.1. The minimum Gasteiger partial charge on any atom is -0.332 e. The molecule has 0 aliphatic rings. The van der Waals surface area contributed by atoms with Crippen molar-refractivity contribution in [3.8, 4) is 0 Å². The number of alkyl halides is 3. The SMILES string of the molecule is C=Cc1nc(NC(NC(=O)CCc2ccccc2)C(Cl)(Cl)Cl)[nH]c1/C=C\C.CC.CC. The fourth-order valence-corrected chi connectivity index (χ4v) is 2.72. The highest BCUT2D eigenvalue weighted by atomic mass is 35.6. The molecule has 172 valence electrons. The Hall–Kier alpha value is -1.95. The largest absolute Gasteiger partial charge is 0.332 e. The number of allylic oxidation sites excluding steroid dienone is 1. The van der Waals surface area contributed by atoms with E-state index in [1.165, 1.54) is 0 Å². The molecule has 2 aromatic rings. The van der Waals surface area contributed by atoms with Gasteiger partial charge in [-0.15, -0.1) is 0 Å². The number of hydrogen-bond acceptors (Lipinski definition) is 3. The Labute approximate surface area is 201 Å². The Morgan fingerprint density at radius 2 is 1.81 bits per heavy atom. The van der Waals surface area contributed by atoms with Gasteiger partial charge in [0.25, 0.3) is 0 Å². The number of aryl methyl sites for hydroxylation is 1. The lowest BCUT2D eigenvalue weighted by Gasteiger charge is -2.26. The number of nitrogens with one attached hydrogen (secondary N) is 3. The van der Waals surface area contributed by atoms with Crippen LogP contribution in [-0.4, -0.2) is 25.8 Å². The van der Waals surface area contributed by atoms with Crippen LogP contribution in [0.4, 0.5) is 5.95 Å². The molecule has 0 saturated heterocycles. The van der Waals surface area contributed by atoms with Crippen molar-refractivity contribution in [3.05, 3.63) is 59.9 Å². The smallest absolute Gasteiger partial charge is 0.228 e. The molecular weight excluding hydrogens is 455 g/mol. The van der Waals surface area contributed by atoms with Crippen molar-refractivity contribution in [1.82, 2.24) is 15.3 Å². The molecule has 1 unspecified atom stereocenters. The van der Waals surface area contributed by atoms with Crippen molar-refractivity contribution in [3.63, 3.8) is 0 Å². The average molecular weight is 488 g/mol. The van der Waals surface area contributed by atoms with Gasteiger partial charge in [0.2, 0.25) is 15.6 Å². The fraction of sp³-hybridized carbons (Fsp3) is 0.391. The standard InChI is InChI=1S/C19H21Cl3N4O.2C2H6/c1-3-8-15-14(4-2)23-18(24-15)26-17(19(20,21)22)25-16(27)12-11-13-9-6-5-7-10-13;2*1-2/h3-10,17H,2,11-12H2,1H3,(H,25,27)(H2,23,24,26);2*1-2H3/b8-3-;;. The number of H-pyrrole nitrogens is 1. The maximum atomic E-state index is 12.3. The summed E-state index contributed by atoms with van der Waals surface area (Å²) < 4.78 is -1.77.